The molecule has 0 bridgehead atoms. The van der Waals surface area contributed by atoms with Gasteiger partial charge >= 0.3 is 0 Å². The summed E-state index contributed by atoms with van der Waals surface area (Å²) in [5.74, 6) is -1.17. The third-order valence-electron chi connectivity index (χ3n) is 6.59. The Morgan fingerprint density at radius 1 is 1.11 bits per heavy atom. The van der Waals surface area contributed by atoms with E-state index in [4.69, 9.17) is 4.74 Å². The Morgan fingerprint density at radius 3 is 2.71 bits per heavy atom. The van der Waals surface area contributed by atoms with Gasteiger partial charge < -0.3 is 14.2 Å². The van der Waals surface area contributed by atoms with Gasteiger partial charge in [-0.25, -0.2) is 9.37 Å². The van der Waals surface area contributed by atoms with Gasteiger partial charge in [0.25, 0.3) is 0 Å². The van der Waals surface area contributed by atoms with Gasteiger partial charge in [-0.15, -0.1) is 11.3 Å². The lowest BCUT2D eigenvalue weighted by Gasteiger charge is -2.16. The highest BCUT2D eigenvalue weighted by atomic mass is 32.1. The highest BCUT2D eigenvalue weighted by molar-refractivity contribution is 7.22. The fraction of sp³-hybridized carbons (Fsp3) is 0.172. The van der Waals surface area contributed by atoms with Gasteiger partial charge in [0.2, 0.25) is 5.91 Å². The number of carbonyl (C=O) groups excluding carboxylic acids is 2. The zero-order valence-electron chi connectivity index (χ0n) is 20.5. The molecule has 1 unspecified atom stereocenters. The molecule has 1 aliphatic rings. The van der Waals surface area contributed by atoms with Crippen molar-refractivity contribution in [2.45, 2.75) is 12.8 Å². The van der Waals surface area contributed by atoms with Gasteiger partial charge in [0, 0.05) is 44.2 Å². The Morgan fingerprint density at radius 2 is 1.95 bits per heavy atom. The second-order valence-electron chi connectivity index (χ2n) is 9.24. The minimum atomic E-state index is -0.716. The van der Waals surface area contributed by atoms with Crippen LogP contribution in [0.1, 0.15) is 12.0 Å². The summed E-state index contributed by atoms with van der Waals surface area (Å²) in [4.78, 5) is 37.2. The van der Waals surface area contributed by atoms with Crippen LogP contribution in [-0.4, -0.2) is 32.8 Å². The molecule has 190 valence electrons. The van der Waals surface area contributed by atoms with Gasteiger partial charge in [0.15, 0.2) is 11.6 Å². The lowest BCUT2D eigenvalue weighted by molar-refractivity contribution is -0.130. The summed E-state index contributed by atoms with van der Waals surface area (Å²) in [5, 5.41) is 0. The molecule has 0 N–H and O–H groups in total. The van der Waals surface area contributed by atoms with Gasteiger partial charge in [-0.1, -0.05) is 24.3 Å². The number of ketones is 1. The number of pyridine rings is 1. The highest BCUT2D eigenvalue weighted by Gasteiger charge is 2.37. The zero-order valence-corrected chi connectivity index (χ0v) is 21.3. The largest absolute Gasteiger partial charge is 0.453 e. The van der Waals surface area contributed by atoms with Crippen LogP contribution in [0, 0.1) is 11.7 Å². The number of nitrogens with zero attached hydrogens (tertiary/aromatic N) is 4. The molecule has 7 nitrogen and oxygen atoms in total. The number of carbonyl (C=O) groups is 2. The Bertz CT molecular complexity index is 1660. The molecule has 0 spiro atoms. The van der Waals surface area contributed by atoms with Crippen LogP contribution in [0.15, 0.2) is 79.4 Å². The lowest BCUT2D eigenvalue weighted by atomic mass is 9.96. The topological polar surface area (TPSA) is 77.3 Å². The second kappa shape index (κ2) is 9.83. The van der Waals surface area contributed by atoms with E-state index in [1.54, 1.807) is 29.6 Å². The second-order valence-corrected chi connectivity index (χ2v) is 10.3. The molecule has 38 heavy (non-hydrogen) atoms. The number of aromatic nitrogens is 3. The maximum Gasteiger partial charge on any atom is 0.237 e. The van der Waals surface area contributed by atoms with Crippen molar-refractivity contribution in [1.82, 2.24) is 14.5 Å². The number of ether oxygens (including phenoxy) is 1. The van der Waals surface area contributed by atoms with E-state index in [9.17, 15) is 9.59 Å². The number of aryl methyl sites for hydroxylation is 1. The minimum absolute atomic E-state index is 0.0197. The molecule has 1 saturated heterocycles. The summed E-state index contributed by atoms with van der Waals surface area (Å²) in [6.45, 7) is 0.492. The SMILES string of the molecule is Cn1cnc(-c2cc3nccc(Oc4ccc(CC(=O)C5CCN(c6ccccc6)C5=O)cc4F)c3s2)c1. The number of imidazole rings is 1. The zero-order chi connectivity index (χ0) is 26.2. The number of para-hydroxylation sites is 1. The summed E-state index contributed by atoms with van der Waals surface area (Å²) in [6.07, 6.45) is 5.70. The van der Waals surface area contributed by atoms with E-state index in [0.717, 1.165) is 26.5 Å². The molecule has 6 rings (SSSR count). The molecule has 3 aromatic heterocycles. The number of rotatable bonds is 7. The summed E-state index contributed by atoms with van der Waals surface area (Å²) in [5.41, 5.74) is 2.85. The van der Waals surface area contributed by atoms with E-state index < -0.39 is 11.7 Å². The number of Topliss-reactive ketones (excluding diaryl/α,β-unsaturated/α-hetero) is 1. The first kappa shape index (κ1) is 24.0. The monoisotopic (exact) mass is 526 g/mol. The maximum absolute atomic E-state index is 15.1. The van der Waals surface area contributed by atoms with Gasteiger partial charge in [0.05, 0.1) is 33.0 Å². The number of halogens is 1. The van der Waals surface area contributed by atoms with Crippen molar-refractivity contribution in [3.63, 3.8) is 0 Å². The number of hydrogen-bond donors (Lipinski definition) is 0. The summed E-state index contributed by atoms with van der Waals surface area (Å²) < 4.78 is 23.7. The number of anilines is 1. The molecule has 0 radical (unpaired) electrons. The van der Waals surface area contributed by atoms with Gasteiger partial charge in [-0.3, -0.25) is 14.6 Å². The minimum Gasteiger partial charge on any atom is -0.453 e. The number of thiophene rings is 1. The van der Waals surface area contributed by atoms with E-state index in [2.05, 4.69) is 9.97 Å². The lowest BCUT2D eigenvalue weighted by Crippen LogP contribution is -2.30. The van der Waals surface area contributed by atoms with Gasteiger partial charge in [-0.05, 0) is 42.3 Å². The third-order valence-corrected chi connectivity index (χ3v) is 7.75. The van der Waals surface area contributed by atoms with E-state index in [1.807, 2.05) is 54.2 Å². The molecular weight excluding hydrogens is 503 g/mol. The number of amides is 1. The fourth-order valence-electron chi connectivity index (χ4n) is 4.68. The van der Waals surface area contributed by atoms with Crippen LogP contribution in [0.3, 0.4) is 0 Å². The van der Waals surface area contributed by atoms with E-state index in [0.29, 0.717) is 24.3 Å². The highest BCUT2D eigenvalue weighted by Crippen LogP contribution is 2.39. The predicted octanol–water partition coefficient (Wildman–Crippen LogP) is 5.79. The Labute approximate surface area is 222 Å². The normalized spacial score (nSPS) is 15.4. The van der Waals surface area contributed by atoms with Crippen molar-refractivity contribution in [3.8, 4) is 22.1 Å². The van der Waals surface area contributed by atoms with Crippen LogP contribution in [0.25, 0.3) is 20.8 Å². The van der Waals surface area contributed by atoms with Gasteiger partial charge in [-0.2, -0.15) is 0 Å². The number of benzene rings is 2. The summed E-state index contributed by atoms with van der Waals surface area (Å²) in [6, 6.07) is 17.4. The van der Waals surface area contributed by atoms with Crippen LogP contribution < -0.4 is 9.64 Å². The Kier molecular flexibility index (Phi) is 6.21. The maximum atomic E-state index is 15.1. The average molecular weight is 527 g/mol. The smallest absolute Gasteiger partial charge is 0.237 e. The van der Waals surface area contributed by atoms with Crippen LogP contribution in [0.5, 0.6) is 11.5 Å². The van der Waals surface area contributed by atoms with Crippen molar-refractivity contribution >= 4 is 38.9 Å². The molecular formula is C29H23FN4O3S. The molecule has 9 heteroatoms. The van der Waals surface area contributed by atoms with E-state index >= 15 is 4.39 Å². The number of fused-ring (bicyclic) bond motifs is 1. The standard InChI is InChI=1S/C29H23FN4O3S/c1-33-16-23(32-17-33)27-15-22-28(38-27)26(9-11-31-22)37-25-8-7-18(13-21(25)30)14-24(35)20-10-12-34(29(20)36)19-5-3-2-4-6-19/h2-9,11,13,15-17,20H,10,12,14H2,1H3. The number of hydrogen-bond acceptors (Lipinski definition) is 6. The van der Waals surface area contributed by atoms with E-state index in [1.165, 1.54) is 23.5 Å². The van der Waals surface area contributed by atoms with Crippen LogP contribution >= 0.6 is 11.3 Å². The van der Waals surface area contributed by atoms with Crippen LogP contribution in [-0.2, 0) is 23.1 Å². The first-order valence-corrected chi connectivity index (χ1v) is 13.0. The fourth-order valence-corrected chi connectivity index (χ4v) is 5.71. The third kappa shape index (κ3) is 4.56. The van der Waals surface area contributed by atoms with E-state index in [-0.39, 0.29) is 23.9 Å². The molecule has 0 aliphatic carbocycles. The predicted molar refractivity (Wildman–Crippen MR) is 144 cm³/mol. The van der Waals surface area contributed by atoms with Crippen molar-refractivity contribution in [2.75, 3.05) is 11.4 Å². The molecule has 4 heterocycles. The quantitative estimate of drug-likeness (QED) is 0.251. The molecule has 1 fully saturated rings. The average Bonchev–Trinajstić information content (AvgIpc) is 3.64. The first-order valence-electron chi connectivity index (χ1n) is 12.2. The molecule has 5 aromatic rings. The molecule has 1 aliphatic heterocycles. The molecule has 1 amide bonds. The Balaban J connectivity index is 1.17. The van der Waals surface area contributed by atoms with Gasteiger partial charge in [0.1, 0.15) is 11.5 Å². The Hall–Kier alpha value is -4.37. The van der Waals surface area contributed by atoms with Crippen LogP contribution in [0.4, 0.5) is 10.1 Å². The van der Waals surface area contributed by atoms with Crippen molar-refractivity contribution in [2.24, 2.45) is 13.0 Å². The summed E-state index contributed by atoms with van der Waals surface area (Å²) >= 11 is 1.47. The first-order chi connectivity index (χ1) is 18.5. The van der Waals surface area contributed by atoms with Crippen LogP contribution in [0.2, 0.25) is 0 Å². The van der Waals surface area contributed by atoms with Crippen molar-refractivity contribution < 1.29 is 18.7 Å². The molecule has 1 atom stereocenters. The molecule has 0 saturated carbocycles. The summed E-state index contributed by atoms with van der Waals surface area (Å²) in [7, 11) is 1.90. The van der Waals surface area contributed by atoms with Crippen molar-refractivity contribution in [3.05, 3.63) is 90.8 Å². The molecule has 2 aromatic carbocycles. The van der Waals surface area contributed by atoms with Crippen molar-refractivity contribution in [1.29, 1.82) is 0 Å².